The number of carbonyl (C=O) groups is 1. The van der Waals surface area contributed by atoms with Crippen LogP contribution in [0.25, 0.3) is 5.69 Å². The SMILES string of the molecule is C/C(=N/NC(=O)c1ccc([N+](=O)[O-])cc1)c1c(C)[nH]n(-c2ccccc2)c1=O. The Morgan fingerprint density at radius 3 is 2.39 bits per heavy atom. The van der Waals surface area contributed by atoms with Crippen molar-refractivity contribution in [1.29, 1.82) is 0 Å². The number of aryl methyl sites for hydroxylation is 1. The highest BCUT2D eigenvalue weighted by Crippen LogP contribution is 2.12. The number of nitro groups is 1. The summed E-state index contributed by atoms with van der Waals surface area (Å²) < 4.78 is 1.40. The third kappa shape index (κ3) is 3.73. The third-order valence-electron chi connectivity index (χ3n) is 4.11. The van der Waals surface area contributed by atoms with E-state index in [1.807, 2.05) is 18.2 Å². The Bertz CT molecular complexity index is 1110. The Kier molecular flexibility index (Phi) is 5.16. The molecule has 0 radical (unpaired) electrons. The van der Waals surface area contributed by atoms with Gasteiger partial charge in [-0.15, -0.1) is 0 Å². The summed E-state index contributed by atoms with van der Waals surface area (Å²) in [5, 5.41) is 17.7. The molecule has 142 valence electrons. The van der Waals surface area contributed by atoms with Crippen molar-refractivity contribution in [2.45, 2.75) is 13.8 Å². The van der Waals surface area contributed by atoms with E-state index in [0.29, 0.717) is 22.7 Å². The van der Waals surface area contributed by atoms with Crippen molar-refractivity contribution in [1.82, 2.24) is 15.2 Å². The average Bonchev–Trinajstić information content (AvgIpc) is 3.00. The number of carbonyl (C=O) groups excluding carboxylic acids is 1. The number of hydrazone groups is 1. The van der Waals surface area contributed by atoms with E-state index in [1.165, 1.54) is 28.9 Å². The Morgan fingerprint density at radius 1 is 1.14 bits per heavy atom. The fourth-order valence-corrected chi connectivity index (χ4v) is 2.72. The summed E-state index contributed by atoms with van der Waals surface area (Å²) in [5.41, 5.74) is 4.18. The molecule has 0 aliphatic rings. The number of nitrogens with one attached hydrogen (secondary N) is 2. The lowest BCUT2D eigenvalue weighted by molar-refractivity contribution is -0.384. The van der Waals surface area contributed by atoms with Gasteiger partial charge in [-0.05, 0) is 38.1 Å². The van der Waals surface area contributed by atoms with Crippen LogP contribution in [0, 0.1) is 17.0 Å². The molecule has 9 heteroatoms. The number of nitrogens with zero attached hydrogens (tertiary/aromatic N) is 3. The molecule has 28 heavy (non-hydrogen) atoms. The Labute approximate surface area is 159 Å². The standard InChI is InChI=1S/C19H17N5O4/c1-12(20-21-18(25)14-8-10-16(11-9-14)24(27)28)17-13(2)22-23(19(17)26)15-6-4-3-5-7-15/h3-11,22H,1-2H3,(H,21,25)/b20-12-. The van der Waals surface area contributed by atoms with Gasteiger partial charge in [-0.25, -0.2) is 10.1 Å². The molecule has 0 bridgehead atoms. The maximum Gasteiger partial charge on any atom is 0.280 e. The Morgan fingerprint density at radius 2 is 1.79 bits per heavy atom. The number of benzene rings is 2. The summed E-state index contributed by atoms with van der Waals surface area (Å²) in [5.74, 6) is -0.536. The van der Waals surface area contributed by atoms with Crippen molar-refractivity contribution >= 4 is 17.3 Å². The second kappa shape index (κ2) is 7.70. The van der Waals surface area contributed by atoms with Crippen LogP contribution in [-0.2, 0) is 0 Å². The number of H-pyrrole nitrogens is 1. The quantitative estimate of drug-likeness (QED) is 0.402. The first-order chi connectivity index (χ1) is 13.4. The van der Waals surface area contributed by atoms with Crippen molar-refractivity contribution in [3.63, 3.8) is 0 Å². The van der Waals surface area contributed by atoms with Gasteiger partial charge in [0.2, 0.25) is 0 Å². The van der Waals surface area contributed by atoms with E-state index in [2.05, 4.69) is 15.6 Å². The lowest BCUT2D eigenvalue weighted by Crippen LogP contribution is -2.23. The molecule has 0 spiro atoms. The highest BCUT2D eigenvalue weighted by molar-refractivity contribution is 6.01. The molecule has 0 atom stereocenters. The number of rotatable bonds is 5. The second-order valence-electron chi connectivity index (χ2n) is 6.03. The number of para-hydroxylation sites is 1. The van der Waals surface area contributed by atoms with Crippen LogP contribution in [0.2, 0.25) is 0 Å². The summed E-state index contributed by atoms with van der Waals surface area (Å²) in [6, 6.07) is 14.2. The fraction of sp³-hybridized carbons (Fsp3) is 0.105. The van der Waals surface area contributed by atoms with Crippen molar-refractivity contribution in [3.8, 4) is 5.69 Å². The van der Waals surface area contributed by atoms with Crippen molar-refractivity contribution in [2.75, 3.05) is 0 Å². The van der Waals surface area contributed by atoms with Gasteiger partial charge in [0.1, 0.15) is 0 Å². The summed E-state index contributed by atoms with van der Waals surface area (Å²) in [6.07, 6.45) is 0. The molecule has 0 saturated carbocycles. The molecule has 0 aliphatic heterocycles. The molecular weight excluding hydrogens is 362 g/mol. The van der Waals surface area contributed by atoms with Gasteiger partial charge in [-0.1, -0.05) is 18.2 Å². The number of amides is 1. The predicted octanol–water partition coefficient (Wildman–Crippen LogP) is 2.54. The molecule has 1 heterocycles. The average molecular weight is 379 g/mol. The number of aromatic amines is 1. The van der Waals surface area contributed by atoms with E-state index in [0.717, 1.165) is 0 Å². The number of non-ortho nitro benzene ring substituents is 1. The number of hydrogen-bond donors (Lipinski definition) is 2. The second-order valence-corrected chi connectivity index (χ2v) is 6.03. The minimum Gasteiger partial charge on any atom is -0.295 e. The zero-order chi connectivity index (χ0) is 20.3. The number of aromatic nitrogens is 2. The highest BCUT2D eigenvalue weighted by Gasteiger charge is 2.16. The molecule has 2 N–H and O–H groups in total. The molecule has 0 unspecified atom stereocenters. The highest BCUT2D eigenvalue weighted by atomic mass is 16.6. The molecule has 1 amide bonds. The maximum absolute atomic E-state index is 12.7. The molecule has 0 aliphatic carbocycles. The molecule has 1 aromatic heterocycles. The summed E-state index contributed by atoms with van der Waals surface area (Å²) >= 11 is 0. The molecular formula is C19H17N5O4. The van der Waals surface area contributed by atoms with Crippen molar-refractivity contribution in [2.24, 2.45) is 5.10 Å². The molecule has 0 fully saturated rings. The van der Waals surface area contributed by atoms with Gasteiger partial charge in [-0.2, -0.15) is 5.10 Å². The van der Waals surface area contributed by atoms with Crippen LogP contribution < -0.4 is 11.0 Å². The Hall–Kier alpha value is -4.01. The number of hydrogen-bond acceptors (Lipinski definition) is 5. The van der Waals surface area contributed by atoms with E-state index < -0.39 is 10.8 Å². The van der Waals surface area contributed by atoms with Crippen LogP contribution in [0.4, 0.5) is 5.69 Å². The van der Waals surface area contributed by atoms with E-state index in [-0.39, 0.29) is 16.8 Å². The lowest BCUT2D eigenvalue weighted by atomic mass is 10.2. The monoisotopic (exact) mass is 379 g/mol. The van der Waals surface area contributed by atoms with Crippen molar-refractivity contribution in [3.05, 3.63) is 91.9 Å². The fourth-order valence-electron chi connectivity index (χ4n) is 2.72. The molecule has 9 nitrogen and oxygen atoms in total. The van der Waals surface area contributed by atoms with Gasteiger partial charge >= 0.3 is 0 Å². The van der Waals surface area contributed by atoms with Gasteiger partial charge in [0.05, 0.1) is 21.9 Å². The van der Waals surface area contributed by atoms with E-state index >= 15 is 0 Å². The smallest absolute Gasteiger partial charge is 0.280 e. The summed E-state index contributed by atoms with van der Waals surface area (Å²) in [4.78, 5) is 35.0. The molecule has 0 saturated heterocycles. The molecule has 3 aromatic rings. The van der Waals surface area contributed by atoms with Gasteiger partial charge in [0, 0.05) is 23.4 Å². The van der Waals surface area contributed by atoms with E-state index in [9.17, 15) is 19.7 Å². The van der Waals surface area contributed by atoms with E-state index in [1.54, 1.807) is 26.0 Å². The van der Waals surface area contributed by atoms with E-state index in [4.69, 9.17) is 0 Å². The Balaban J connectivity index is 1.82. The largest absolute Gasteiger partial charge is 0.295 e. The van der Waals surface area contributed by atoms with Gasteiger partial charge < -0.3 is 0 Å². The minimum atomic E-state index is -0.545. The van der Waals surface area contributed by atoms with Gasteiger partial charge in [-0.3, -0.25) is 24.8 Å². The van der Waals surface area contributed by atoms with Crippen LogP contribution in [0.15, 0.2) is 64.5 Å². The maximum atomic E-state index is 12.7. The predicted molar refractivity (Wildman–Crippen MR) is 104 cm³/mol. The third-order valence-corrected chi connectivity index (χ3v) is 4.11. The zero-order valence-electron chi connectivity index (χ0n) is 15.2. The topological polar surface area (TPSA) is 122 Å². The van der Waals surface area contributed by atoms with Crippen LogP contribution in [0.3, 0.4) is 0 Å². The van der Waals surface area contributed by atoms with Crippen LogP contribution >= 0.6 is 0 Å². The van der Waals surface area contributed by atoms with Crippen molar-refractivity contribution < 1.29 is 9.72 Å². The van der Waals surface area contributed by atoms with Gasteiger partial charge in [0.25, 0.3) is 17.2 Å². The first-order valence-electron chi connectivity index (χ1n) is 8.35. The molecule has 2 aromatic carbocycles. The lowest BCUT2D eigenvalue weighted by Gasteiger charge is -2.02. The first-order valence-corrected chi connectivity index (χ1v) is 8.35. The zero-order valence-corrected chi connectivity index (χ0v) is 15.2. The van der Waals surface area contributed by atoms with Crippen LogP contribution in [0.5, 0.6) is 0 Å². The minimum absolute atomic E-state index is 0.111. The van der Waals surface area contributed by atoms with Crippen LogP contribution in [-0.4, -0.2) is 26.3 Å². The summed E-state index contributed by atoms with van der Waals surface area (Å²) in [7, 11) is 0. The van der Waals surface area contributed by atoms with Crippen LogP contribution in [0.1, 0.15) is 28.5 Å². The number of nitro benzene ring substituents is 1. The van der Waals surface area contributed by atoms with Gasteiger partial charge in [0.15, 0.2) is 0 Å². The first kappa shape index (κ1) is 18.8. The molecule has 3 rings (SSSR count). The summed E-state index contributed by atoms with van der Waals surface area (Å²) in [6.45, 7) is 3.36. The normalized spacial score (nSPS) is 11.3.